The van der Waals surface area contributed by atoms with Crippen LogP contribution in [-0.4, -0.2) is 4.86 Å². The van der Waals surface area contributed by atoms with Gasteiger partial charge in [0, 0.05) is 10.0 Å². The number of hydrogen-bond donors (Lipinski definition) is 1. The highest BCUT2D eigenvalue weighted by Gasteiger charge is 1.99. The molecule has 0 aliphatic heterocycles. The summed E-state index contributed by atoms with van der Waals surface area (Å²) in [6, 6.07) is 13.3. The second-order valence-corrected chi connectivity index (χ2v) is 4.34. The summed E-state index contributed by atoms with van der Waals surface area (Å²) in [4.78, 5) is 0.477. The summed E-state index contributed by atoms with van der Waals surface area (Å²) in [6.07, 6.45) is 0. The minimum absolute atomic E-state index is 0.390. The Kier molecular flexibility index (Phi) is 4.02. The second-order valence-electron chi connectivity index (χ2n) is 3.47. The number of rotatable bonds is 3. The zero-order chi connectivity index (χ0) is 13.0. The molecule has 0 atom stereocenters. The Morgan fingerprint density at radius 1 is 0.889 bits per heavy atom. The predicted molar refractivity (Wildman–Crippen MR) is 72.2 cm³/mol. The molecule has 0 fully saturated rings. The molecule has 2 aromatic carbocycles. The van der Waals surface area contributed by atoms with Gasteiger partial charge in [0.05, 0.1) is 5.22 Å². The molecule has 0 saturated carbocycles. The molecule has 0 unspecified atom stereocenters. The van der Waals surface area contributed by atoms with E-state index in [-0.39, 0.29) is 0 Å². The number of benzene rings is 2. The van der Waals surface area contributed by atoms with Crippen LogP contribution in [0.25, 0.3) is 0 Å². The normalized spacial score (nSPS) is 11.3. The van der Waals surface area contributed by atoms with Crippen LogP contribution in [0.4, 0.5) is 11.4 Å². The minimum atomic E-state index is 0.390. The van der Waals surface area contributed by atoms with Crippen molar-refractivity contribution in [1.82, 2.24) is 0 Å². The zero-order valence-electron chi connectivity index (χ0n) is 9.18. The highest BCUT2D eigenvalue weighted by atomic mass is 35.5. The van der Waals surface area contributed by atoms with Gasteiger partial charge in [-0.25, -0.2) is 0 Å². The molecule has 4 nitrogen and oxygen atoms in total. The van der Waals surface area contributed by atoms with Crippen molar-refractivity contribution in [3.8, 4) is 0 Å². The molecule has 18 heavy (non-hydrogen) atoms. The zero-order valence-corrected chi connectivity index (χ0v) is 10.7. The monoisotopic (exact) mass is 281 g/mol. The maximum absolute atomic E-state index is 11.6. The SMILES string of the molecule is [O-]/[N+](=N\Nc1ccc(Cl)cc1)c1ccc(Cl)cc1. The molecule has 0 amide bonds. The molecule has 0 aliphatic carbocycles. The first-order valence-corrected chi connectivity index (χ1v) is 5.86. The maximum atomic E-state index is 11.6. The van der Waals surface area contributed by atoms with Gasteiger partial charge in [0.25, 0.3) is 0 Å². The highest BCUT2D eigenvalue weighted by molar-refractivity contribution is 6.30. The summed E-state index contributed by atoms with van der Waals surface area (Å²) >= 11 is 11.5. The predicted octanol–water partition coefficient (Wildman–Crippen LogP) is 4.61. The summed E-state index contributed by atoms with van der Waals surface area (Å²) in [5, 5.41) is 16.5. The molecular formula is C12H9Cl2N3O. The maximum Gasteiger partial charge on any atom is 0.154 e. The van der Waals surface area contributed by atoms with Gasteiger partial charge in [0.2, 0.25) is 0 Å². The van der Waals surface area contributed by atoms with E-state index in [0.29, 0.717) is 26.3 Å². The average molecular weight is 282 g/mol. The molecule has 0 radical (unpaired) electrons. The third-order valence-corrected chi connectivity index (χ3v) is 2.67. The third kappa shape index (κ3) is 3.35. The Morgan fingerprint density at radius 2 is 1.39 bits per heavy atom. The Balaban J connectivity index is 2.09. The molecular weight excluding hydrogens is 273 g/mol. The lowest BCUT2D eigenvalue weighted by Gasteiger charge is -2.05. The Bertz CT molecular complexity index is 553. The minimum Gasteiger partial charge on any atom is -0.691 e. The van der Waals surface area contributed by atoms with Crippen LogP contribution in [0.3, 0.4) is 0 Å². The van der Waals surface area contributed by atoms with Crippen molar-refractivity contribution in [1.29, 1.82) is 0 Å². The Hall–Kier alpha value is -1.78. The van der Waals surface area contributed by atoms with E-state index >= 15 is 0 Å². The molecule has 0 bridgehead atoms. The Labute approximate surface area is 114 Å². The molecule has 2 aromatic rings. The van der Waals surface area contributed by atoms with E-state index in [0.717, 1.165) is 0 Å². The van der Waals surface area contributed by atoms with Crippen molar-refractivity contribution in [2.24, 2.45) is 5.22 Å². The van der Waals surface area contributed by atoms with E-state index in [9.17, 15) is 5.21 Å². The van der Waals surface area contributed by atoms with Crippen molar-refractivity contribution in [2.45, 2.75) is 0 Å². The number of nitrogens with zero attached hydrogens (tertiary/aromatic N) is 2. The van der Waals surface area contributed by atoms with E-state index in [4.69, 9.17) is 23.2 Å². The largest absolute Gasteiger partial charge is 0.691 e. The third-order valence-electron chi connectivity index (χ3n) is 2.16. The van der Waals surface area contributed by atoms with Crippen molar-refractivity contribution in [2.75, 3.05) is 5.43 Å². The van der Waals surface area contributed by atoms with Gasteiger partial charge in [-0.1, -0.05) is 23.2 Å². The van der Waals surface area contributed by atoms with Gasteiger partial charge in [-0.2, -0.15) is 0 Å². The van der Waals surface area contributed by atoms with Crippen LogP contribution in [0.15, 0.2) is 53.8 Å². The average Bonchev–Trinajstić information content (AvgIpc) is 2.38. The van der Waals surface area contributed by atoms with Crippen LogP contribution in [0, 0.1) is 5.21 Å². The van der Waals surface area contributed by atoms with Crippen molar-refractivity contribution in [3.63, 3.8) is 0 Å². The fourth-order valence-corrected chi connectivity index (χ4v) is 1.51. The van der Waals surface area contributed by atoms with Crippen LogP contribution < -0.4 is 5.43 Å². The number of hydrogen-bond acceptors (Lipinski definition) is 2. The van der Waals surface area contributed by atoms with Crippen LogP contribution in [-0.2, 0) is 0 Å². The van der Waals surface area contributed by atoms with Gasteiger partial charge in [-0.3, -0.25) is 0 Å². The van der Waals surface area contributed by atoms with Crippen molar-refractivity contribution in [3.05, 3.63) is 63.8 Å². The second kappa shape index (κ2) is 5.71. The smallest absolute Gasteiger partial charge is 0.154 e. The first kappa shape index (κ1) is 12.7. The summed E-state index contributed by atoms with van der Waals surface area (Å²) in [5.41, 5.74) is 3.70. The van der Waals surface area contributed by atoms with Crippen LogP contribution in [0.2, 0.25) is 10.0 Å². The molecule has 2 rings (SSSR count). The van der Waals surface area contributed by atoms with E-state index in [2.05, 4.69) is 10.6 Å². The topological polar surface area (TPSA) is 50.5 Å². The summed E-state index contributed by atoms with van der Waals surface area (Å²) in [6.45, 7) is 0. The van der Waals surface area contributed by atoms with E-state index < -0.39 is 0 Å². The highest BCUT2D eigenvalue weighted by Crippen LogP contribution is 2.17. The number of halogens is 2. The lowest BCUT2D eigenvalue weighted by molar-refractivity contribution is -0.439. The molecule has 0 heterocycles. The van der Waals surface area contributed by atoms with E-state index in [1.807, 2.05) is 0 Å². The summed E-state index contributed by atoms with van der Waals surface area (Å²) < 4.78 is 0. The first-order valence-electron chi connectivity index (χ1n) is 5.10. The molecule has 0 aliphatic rings. The number of anilines is 1. The van der Waals surface area contributed by atoms with Crippen molar-refractivity contribution >= 4 is 34.6 Å². The summed E-state index contributed by atoms with van der Waals surface area (Å²) in [5.74, 6) is 0. The lowest BCUT2D eigenvalue weighted by atomic mass is 10.3. The molecule has 0 aromatic heterocycles. The van der Waals surface area contributed by atoms with Gasteiger partial charge in [0.1, 0.15) is 5.69 Å². The van der Waals surface area contributed by atoms with Crippen molar-refractivity contribution < 1.29 is 4.86 Å². The quantitative estimate of drug-likeness (QED) is 0.507. The fourth-order valence-electron chi connectivity index (χ4n) is 1.25. The Morgan fingerprint density at radius 3 is 1.94 bits per heavy atom. The van der Waals surface area contributed by atoms with Gasteiger partial charge < -0.3 is 5.21 Å². The van der Waals surface area contributed by atoms with Crippen LogP contribution in [0.1, 0.15) is 0 Å². The molecule has 6 heteroatoms. The lowest BCUT2D eigenvalue weighted by Crippen LogP contribution is -1.97. The van der Waals surface area contributed by atoms with E-state index in [1.54, 1.807) is 48.5 Å². The molecule has 1 N–H and O–H groups in total. The van der Waals surface area contributed by atoms with Crippen LogP contribution in [0.5, 0.6) is 0 Å². The number of nitrogens with one attached hydrogen (secondary N) is 1. The summed E-state index contributed by atoms with van der Waals surface area (Å²) in [7, 11) is 0. The first-order chi connectivity index (χ1) is 8.65. The molecule has 0 spiro atoms. The van der Waals surface area contributed by atoms with Crippen LogP contribution >= 0.6 is 23.2 Å². The molecule has 92 valence electrons. The van der Waals surface area contributed by atoms with Gasteiger partial charge in [-0.05, 0) is 48.5 Å². The molecule has 0 saturated heterocycles. The van der Waals surface area contributed by atoms with E-state index in [1.165, 1.54) is 0 Å². The fraction of sp³-hybridized carbons (Fsp3) is 0. The van der Waals surface area contributed by atoms with Gasteiger partial charge >= 0.3 is 0 Å². The standard InChI is InChI=1S/C12H9Cl2N3O/c13-9-1-5-11(6-2-9)15-16-17(18)12-7-3-10(14)4-8-12/h1-8,15H/b17-16-. The van der Waals surface area contributed by atoms with Gasteiger partial charge in [0.15, 0.2) is 5.69 Å². The van der Waals surface area contributed by atoms with Gasteiger partial charge in [-0.15, -0.1) is 10.3 Å².